The van der Waals surface area contributed by atoms with Crippen LogP contribution in [0.4, 0.5) is 4.79 Å². The van der Waals surface area contributed by atoms with E-state index in [9.17, 15) is 4.79 Å². The number of hydrogen-bond donors (Lipinski definition) is 0. The highest BCUT2D eigenvalue weighted by molar-refractivity contribution is 5.69. The lowest BCUT2D eigenvalue weighted by atomic mass is 9.88. The molecule has 1 aromatic carbocycles. The third kappa shape index (κ3) is 4.98. The summed E-state index contributed by atoms with van der Waals surface area (Å²) < 4.78 is 5.59. The minimum atomic E-state index is -0.435. The molecule has 1 saturated carbocycles. The fourth-order valence-electron chi connectivity index (χ4n) is 3.58. The number of hydrogen-bond acceptors (Lipinski definition) is 2. The summed E-state index contributed by atoms with van der Waals surface area (Å²) in [7, 11) is 1.92. The lowest BCUT2D eigenvalue weighted by Gasteiger charge is -2.39. The van der Waals surface area contributed by atoms with Gasteiger partial charge in [0.25, 0.3) is 0 Å². The summed E-state index contributed by atoms with van der Waals surface area (Å²) >= 11 is 0. The molecule has 0 radical (unpaired) electrons. The topological polar surface area (TPSA) is 29.5 Å². The Balaban J connectivity index is 1.96. The van der Waals surface area contributed by atoms with Crippen LogP contribution in [0.2, 0.25) is 0 Å². The molecular weight excluding hydrogens is 286 g/mol. The second-order valence-electron chi connectivity index (χ2n) is 7.81. The molecule has 0 bridgehead atoms. The fourth-order valence-corrected chi connectivity index (χ4v) is 3.58. The molecule has 3 heteroatoms. The largest absolute Gasteiger partial charge is 0.444 e. The van der Waals surface area contributed by atoms with Gasteiger partial charge in [0.1, 0.15) is 5.60 Å². The van der Waals surface area contributed by atoms with Gasteiger partial charge in [0.2, 0.25) is 0 Å². The van der Waals surface area contributed by atoms with Crippen molar-refractivity contribution in [2.75, 3.05) is 7.05 Å². The van der Waals surface area contributed by atoms with E-state index in [1.807, 2.05) is 32.7 Å². The van der Waals surface area contributed by atoms with Crippen LogP contribution in [0.1, 0.15) is 64.9 Å². The van der Waals surface area contributed by atoms with Gasteiger partial charge in [0.05, 0.1) is 0 Å². The molecule has 0 heterocycles. The van der Waals surface area contributed by atoms with Crippen LogP contribution >= 0.6 is 0 Å². The average molecular weight is 317 g/mol. The summed E-state index contributed by atoms with van der Waals surface area (Å²) in [5.41, 5.74) is 0.923. The van der Waals surface area contributed by atoms with Gasteiger partial charge in [-0.3, -0.25) is 0 Å². The third-order valence-electron chi connectivity index (χ3n) is 4.86. The molecule has 1 aliphatic carbocycles. The number of rotatable bonds is 5. The smallest absolute Gasteiger partial charge is 0.410 e. The fraction of sp³-hybridized carbons (Fsp3) is 0.650. The quantitative estimate of drug-likeness (QED) is 0.748. The Hall–Kier alpha value is -1.51. The van der Waals surface area contributed by atoms with E-state index >= 15 is 0 Å². The van der Waals surface area contributed by atoms with Crippen molar-refractivity contribution in [2.24, 2.45) is 0 Å². The first-order valence-electron chi connectivity index (χ1n) is 8.83. The van der Waals surface area contributed by atoms with Crippen molar-refractivity contribution in [2.45, 2.75) is 76.9 Å². The summed E-state index contributed by atoms with van der Waals surface area (Å²) in [6.07, 6.45) is 7.66. The van der Waals surface area contributed by atoms with Crippen LogP contribution in [0.15, 0.2) is 30.3 Å². The maximum atomic E-state index is 12.5. The summed E-state index contributed by atoms with van der Waals surface area (Å²) in [5.74, 6) is 0. The Morgan fingerprint density at radius 2 is 1.78 bits per heavy atom. The minimum Gasteiger partial charge on any atom is -0.444 e. The van der Waals surface area contributed by atoms with Gasteiger partial charge in [-0.2, -0.15) is 0 Å². The van der Waals surface area contributed by atoms with Crippen LogP contribution in [-0.4, -0.2) is 29.2 Å². The van der Waals surface area contributed by atoms with Gasteiger partial charge >= 0.3 is 6.09 Å². The van der Waals surface area contributed by atoms with Crippen LogP contribution in [0.5, 0.6) is 0 Å². The van der Waals surface area contributed by atoms with E-state index in [1.165, 1.54) is 18.4 Å². The average Bonchev–Trinajstić information content (AvgIpc) is 2.96. The number of nitrogens with zero attached hydrogens (tertiary/aromatic N) is 1. The highest BCUT2D eigenvalue weighted by atomic mass is 16.6. The van der Waals surface area contributed by atoms with Gasteiger partial charge < -0.3 is 9.64 Å². The predicted octanol–water partition coefficient (Wildman–Crippen LogP) is 5.19. The molecule has 1 aromatic rings. The van der Waals surface area contributed by atoms with E-state index < -0.39 is 5.60 Å². The molecule has 1 fully saturated rings. The van der Waals surface area contributed by atoms with Gasteiger partial charge in [0.15, 0.2) is 0 Å². The molecule has 1 amide bonds. The van der Waals surface area contributed by atoms with Crippen molar-refractivity contribution in [1.82, 2.24) is 4.90 Å². The van der Waals surface area contributed by atoms with Crippen molar-refractivity contribution in [3.05, 3.63) is 35.9 Å². The zero-order valence-electron chi connectivity index (χ0n) is 15.1. The molecular formula is C20H31NO2. The lowest BCUT2D eigenvalue weighted by molar-refractivity contribution is 0.00367. The second kappa shape index (κ2) is 7.37. The van der Waals surface area contributed by atoms with Crippen LogP contribution in [0.25, 0.3) is 0 Å². The van der Waals surface area contributed by atoms with Gasteiger partial charge in [-0.15, -0.1) is 0 Å². The molecule has 0 spiro atoms. The molecule has 3 nitrogen and oxygen atoms in total. The summed E-state index contributed by atoms with van der Waals surface area (Å²) in [4.78, 5) is 14.4. The Bertz CT molecular complexity index is 498. The molecule has 0 unspecified atom stereocenters. The Kier molecular flexibility index (Phi) is 5.72. The summed E-state index contributed by atoms with van der Waals surface area (Å²) in [6, 6.07) is 10.6. The lowest BCUT2D eigenvalue weighted by Crippen LogP contribution is -2.49. The van der Waals surface area contributed by atoms with Crippen molar-refractivity contribution in [3.8, 4) is 0 Å². The molecule has 0 aliphatic heterocycles. The number of carbonyl (C=O) groups excluding carboxylic acids is 1. The van der Waals surface area contributed by atoms with E-state index in [2.05, 4.69) is 30.3 Å². The first kappa shape index (κ1) is 17.8. The van der Waals surface area contributed by atoms with Crippen molar-refractivity contribution in [1.29, 1.82) is 0 Å². The zero-order chi connectivity index (χ0) is 16.9. The number of amides is 1. The van der Waals surface area contributed by atoms with Crippen molar-refractivity contribution in [3.63, 3.8) is 0 Å². The molecule has 2 rings (SSSR count). The highest BCUT2D eigenvalue weighted by Crippen LogP contribution is 2.39. The van der Waals surface area contributed by atoms with Crippen LogP contribution in [0, 0.1) is 0 Å². The van der Waals surface area contributed by atoms with E-state index in [0.717, 1.165) is 32.1 Å². The summed E-state index contributed by atoms with van der Waals surface area (Å²) in [6.45, 7) is 5.78. The van der Waals surface area contributed by atoms with Gasteiger partial charge in [-0.1, -0.05) is 43.2 Å². The number of aryl methyl sites for hydroxylation is 1. The van der Waals surface area contributed by atoms with Crippen LogP contribution in [-0.2, 0) is 11.2 Å². The Morgan fingerprint density at radius 3 is 2.35 bits per heavy atom. The van der Waals surface area contributed by atoms with Gasteiger partial charge in [-0.05, 0) is 58.4 Å². The van der Waals surface area contributed by atoms with E-state index in [0.29, 0.717) is 0 Å². The van der Waals surface area contributed by atoms with Gasteiger partial charge in [-0.25, -0.2) is 4.79 Å². The SMILES string of the molecule is CN(C(=O)OC(C)(C)C)C1(CCCc2ccccc2)CCCC1. The molecule has 0 aromatic heterocycles. The highest BCUT2D eigenvalue weighted by Gasteiger charge is 2.41. The van der Waals surface area contributed by atoms with E-state index in [1.54, 1.807) is 0 Å². The number of carbonyl (C=O) groups is 1. The first-order chi connectivity index (χ1) is 10.8. The van der Waals surface area contributed by atoms with Crippen molar-refractivity contribution >= 4 is 6.09 Å². The minimum absolute atomic E-state index is 0.0168. The predicted molar refractivity (Wildman–Crippen MR) is 94.6 cm³/mol. The molecule has 0 saturated heterocycles. The first-order valence-corrected chi connectivity index (χ1v) is 8.83. The molecule has 1 aliphatic rings. The summed E-state index contributed by atoms with van der Waals surface area (Å²) in [5, 5.41) is 0. The zero-order valence-corrected chi connectivity index (χ0v) is 15.1. The maximum absolute atomic E-state index is 12.5. The molecule has 23 heavy (non-hydrogen) atoms. The van der Waals surface area contributed by atoms with Crippen LogP contribution in [0.3, 0.4) is 0 Å². The Morgan fingerprint density at radius 1 is 1.17 bits per heavy atom. The van der Waals surface area contributed by atoms with Crippen molar-refractivity contribution < 1.29 is 9.53 Å². The standard InChI is InChI=1S/C20H31NO2/c1-19(2,3)23-18(22)21(4)20(14-8-9-15-20)16-10-13-17-11-6-5-7-12-17/h5-7,11-12H,8-10,13-16H2,1-4H3. The number of ether oxygens (including phenoxy) is 1. The second-order valence-corrected chi connectivity index (χ2v) is 7.81. The van der Waals surface area contributed by atoms with E-state index in [4.69, 9.17) is 4.74 Å². The normalized spacial score (nSPS) is 17.0. The molecule has 0 atom stereocenters. The maximum Gasteiger partial charge on any atom is 0.410 e. The Labute approximate surface area is 141 Å². The molecule has 128 valence electrons. The third-order valence-corrected chi connectivity index (χ3v) is 4.86. The number of benzene rings is 1. The van der Waals surface area contributed by atoms with Gasteiger partial charge in [0, 0.05) is 12.6 Å². The van der Waals surface area contributed by atoms with E-state index in [-0.39, 0.29) is 11.6 Å². The molecule has 0 N–H and O–H groups in total. The monoisotopic (exact) mass is 317 g/mol. The van der Waals surface area contributed by atoms with Crippen LogP contribution < -0.4 is 0 Å².